The van der Waals surface area contributed by atoms with Crippen LogP contribution >= 0.6 is 0 Å². The highest BCUT2D eigenvalue weighted by molar-refractivity contribution is 6.11. The number of Topliss-reactive ketones (excluding diaryl/α,β-unsaturated/α-hetero) is 2. The van der Waals surface area contributed by atoms with Crippen LogP contribution in [0.3, 0.4) is 0 Å². The number of ketones is 2. The molecule has 0 spiro atoms. The third-order valence-corrected chi connectivity index (χ3v) is 5.56. The Morgan fingerprint density at radius 3 is 2.24 bits per heavy atom. The van der Waals surface area contributed by atoms with Crippen molar-refractivity contribution in [3.8, 4) is 0 Å². The molecule has 1 aromatic carbocycles. The number of carboxylic acid groups (broad SMARTS) is 1. The summed E-state index contributed by atoms with van der Waals surface area (Å²) in [5, 5.41) is 12.3. The number of carbonyl (C=O) groups excluding carboxylic acids is 3. The van der Waals surface area contributed by atoms with Crippen LogP contribution in [0.5, 0.6) is 0 Å². The fourth-order valence-electron chi connectivity index (χ4n) is 3.93. The van der Waals surface area contributed by atoms with E-state index in [0.717, 1.165) is 16.5 Å². The fourth-order valence-corrected chi connectivity index (χ4v) is 3.93. The van der Waals surface area contributed by atoms with Crippen LogP contribution in [0.1, 0.15) is 50.2 Å². The van der Waals surface area contributed by atoms with Gasteiger partial charge in [0, 0.05) is 18.0 Å². The van der Waals surface area contributed by atoms with E-state index in [0.29, 0.717) is 12.1 Å². The number of aliphatic carboxylic acids is 1. The second-order valence-electron chi connectivity index (χ2n) is 9.07. The molecule has 1 aromatic heterocycles. The van der Waals surface area contributed by atoms with Crippen LogP contribution in [0.2, 0.25) is 0 Å². The van der Waals surface area contributed by atoms with E-state index in [1.165, 1.54) is 0 Å². The molecule has 2 unspecified atom stereocenters. The van der Waals surface area contributed by atoms with Crippen LogP contribution in [0.4, 0.5) is 4.39 Å². The van der Waals surface area contributed by atoms with E-state index in [2.05, 4.69) is 5.32 Å². The van der Waals surface area contributed by atoms with Crippen molar-refractivity contribution in [2.24, 2.45) is 24.6 Å². The molecule has 0 aliphatic carbocycles. The van der Waals surface area contributed by atoms with Gasteiger partial charge in [-0.25, -0.2) is 4.39 Å². The minimum Gasteiger partial charge on any atom is -0.481 e. The maximum Gasteiger partial charge on any atom is 0.305 e. The number of carbonyl (C=O) groups is 4. The average molecular weight is 462 g/mol. The summed E-state index contributed by atoms with van der Waals surface area (Å²) in [5.74, 6) is -4.65. The van der Waals surface area contributed by atoms with Gasteiger partial charge >= 0.3 is 5.97 Å². The van der Waals surface area contributed by atoms with E-state index < -0.39 is 54.0 Å². The molecule has 0 bridgehead atoms. The third-order valence-electron chi connectivity index (χ3n) is 5.56. The number of nitrogens with two attached hydrogens (primary N) is 1. The molecule has 2 aromatic rings. The molecule has 9 heteroatoms. The van der Waals surface area contributed by atoms with Gasteiger partial charge in [0.2, 0.25) is 6.17 Å². The number of amides is 1. The lowest BCUT2D eigenvalue weighted by Gasteiger charge is -2.24. The van der Waals surface area contributed by atoms with Crippen LogP contribution in [-0.2, 0) is 27.9 Å². The van der Waals surface area contributed by atoms with E-state index >= 15 is 0 Å². The lowest BCUT2D eigenvalue weighted by Crippen LogP contribution is -2.52. The van der Waals surface area contributed by atoms with Gasteiger partial charge in [-0.2, -0.15) is 0 Å². The fraction of sp³-hybridized carbons (Fsp3) is 0.500. The highest BCUT2D eigenvalue weighted by atomic mass is 19.1. The summed E-state index contributed by atoms with van der Waals surface area (Å²) in [6, 6.07) is 4.62. The second-order valence-corrected chi connectivity index (χ2v) is 9.07. The maximum absolute atomic E-state index is 14.7. The number of fused-ring (bicyclic) bond motifs is 1. The molecule has 1 heterocycles. The Morgan fingerprint density at radius 2 is 1.70 bits per heavy atom. The van der Waals surface area contributed by atoms with Crippen molar-refractivity contribution >= 4 is 34.3 Å². The van der Waals surface area contributed by atoms with Gasteiger partial charge < -0.3 is 20.7 Å². The van der Waals surface area contributed by atoms with Gasteiger partial charge in [-0.1, -0.05) is 45.9 Å². The molecule has 0 aliphatic heterocycles. The van der Waals surface area contributed by atoms with E-state index in [4.69, 9.17) is 10.8 Å². The van der Waals surface area contributed by atoms with Crippen molar-refractivity contribution < 1.29 is 28.7 Å². The summed E-state index contributed by atoms with van der Waals surface area (Å²) in [5.41, 5.74) is 7.49. The molecule has 33 heavy (non-hydrogen) atoms. The molecular weight excluding hydrogens is 429 g/mol. The average Bonchev–Trinajstić information content (AvgIpc) is 3.01. The van der Waals surface area contributed by atoms with Crippen molar-refractivity contribution in [2.45, 2.75) is 58.8 Å². The normalized spacial score (nSPS) is 14.3. The first-order chi connectivity index (χ1) is 15.4. The molecule has 0 fully saturated rings. The lowest BCUT2D eigenvalue weighted by molar-refractivity contribution is -0.142. The molecular formula is C24H32FN3O5. The lowest BCUT2D eigenvalue weighted by atomic mass is 9.92. The van der Waals surface area contributed by atoms with Gasteiger partial charge in [-0.05, 0) is 29.9 Å². The molecule has 8 nitrogen and oxygen atoms in total. The summed E-state index contributed by atoms with van der Waals surface area (Å²) in [4.78, 5) is 49.0. The van der Waals surface area contributed by atoms with E-state index in [-0.39, 0.29) is 5.92 Å². The Balaban J connectivity index is 2.37. The van der Waals surface area contributed by atoms with Crippen molar-refractivity contribution in [3.63, 3.8) is 0 Å². The zero-order chi connectivity index (χ0) is 25.0. The molecule has 0 saturated carbocycles. The minimum atomic E-state index is -2.63. The Morgan fingerprint density at radius 1 is 1.09 bits per heavy atom. The number of nitrogens with one attached hydrogen (secondary N) is 1. The van der Waals surface area contributed by atoms with Gasteiger partial charge in [-0.15, -0.1) is 0 Å². The number of hydrogen-bond donors (Lipinski definition) is 3. The molecule has 0 aliphatic rings. The number of benzene rings is 1. The zero-order valence-corrected chi connectivity index (χ0v) is 19.6. The zero-order valence-electron chi connectivity index (χ0n) is 19.6. The molecule has 4 N–H and O–H groups in total. The smallest absolute Gasteiger partial charge is 0.305 e. The number of hydrogen-bond acceptors (Lipinski definition) is 5. The monoisotopic (exact) mass is 461 g/mol. The Hall–Kier alpha value is -3.07. The predicted molar refractivity (Wildman–Crippen MR) is 123 cm³/mol. The van der Waals surface area contributed by atoms with Gasteiger partial charge in [0.1, 0.15) is 5.69 Å². The van der Waals surface area contributed by atoms with E-state index in [1.54, 1.807) is 25.5 Å². The summed E-state index contributed by atoms with van der Waals surface area (Å²) in [6.07, 6.45) is -2.80. The van der Waals surface area contributed by atoms with Crippen molar-refractivity contribution in [1.82, 2.24) is 9.88 Å². The van der Waals surface area contributed by atoms with Crippen LogP contribution < -0.4 is 11.1 Å². The summed E-state index contributed by atoms with van der Waals surface area (Å²) >= 11 is 0. The Kier molecular flexibility index (Phi) is 8.49. The van der Waals surface area contributed by atoms with Crippen molar-refractivity contribution in [1.29, 1.82) is 0 Å². The van der Waals surface area contributed by atoms with Gasteiger partial charge in [0.25, 0.3) is 5.91 Å². The number of aromatic nitrogens is 1. The Bertz CT molecular complexity index is 1060. The first kappa shape index (κ1) is 26.2. The van der Waals surface area contributed by atoms with E-state index in [1.807, 2.05) is 38.1 Å². The number of rotatable bonds is 11. The number of para-hydroxylation sites is 1. The molecule has 2 rings (SSSR count). The van der Waals surface area contributed by atoms with Crippen LogP contribution in [0.25, 0.3) is 10.9 Å². The quantitative estimate of drug-likeness (QED) is 0.441. The van der Waals surface area contributed by atoms with Gasteiger partial charge in [-0.3, -0.25) is 19.2 Å². The van der Waals surface area contributed by atoms with Crippen LogP contribution in [-0.4, -0.2) is 51.4 Å². The van der Waals surface area contributed by atoms with Gasteiger partial charge in [0.05, 0.1) is 18.5 Å². The summed E-state index contributed by atoms with van der Waals surface area (Å²) < 4.78 is 16.5. The number of aryl methyl sites for hydroxylation is 1. The number of carboxylic acids is 1. The first-order valence-corrected chi connectivity index (χ1v) is 10.9. The molecule has 0 saturated heterocycles. The maximum atomic E-state index is 14.7. The topological polar surface area (TPSA) is 131 Å². The Labute approximate surface area is 192 Å². The van der Waals surface area contributed by atoms with Gasteiger partial charge in [0.15, 0.2) is 11.6 Å². The largest absolute Gasteiger partial charge is 0.481 e. The molecule has 180 valence electrons. The minimum absolute atomic E-state index is 0.258. The predicted octanol–water partition coefficient (Wildman–Crippen LogP) is 2.41. The SMILES string of the molecule is CC(C)Cc1c(C(=O)N[C@H](C(=O)C(F)C(=O)C(N)CC(=O)O)C(C)C)n(C)c2ccccc12. The first-order valence-electron chi connectivity index (χ1n) is 10.9. The number of alkyl halides is 1. The van der Waals surface area contributed by atoms with Crippen LogP contribution in [0, 0.1) is 11.8 Å². The highest BCUT2D eigenvalue weighted by Gasteiger charge is 2.38. The molecule has 3 atom stereocenters. The van der Waals surface area contributed by atoms with Crippen LogP contribution in [0.15, 0.2) is 24.3 Å². The third kappa shape index (κ3) is 5.84. The second kappa shape index (κ2) is 10.7. The highest BCUT2D eigenvalue weighted by Crippen LogP contribution is 2.28. The standard InChI is InChI=1S/C24H32FN3O5/c1-12(2)10-15-14-8-6-7-9-17(14)28(5)21(15)24(33)27-20(13(3)4)23(32)19(25)22(31)16(26)11-18(29)30/h6-9,12-13,16,19-20H,10-11,26H2,1-5H3,(H,27,33)(H,29,30)/t16?,19?,20-/m0/s1. The molecule has 0 radical (unpaired) electrons. The van der Waals surface area contributed by atoms with Crippen molar-refractivity contribution in [3.05, 3.63) is 35.5 Å². The van der Waals surface area contributed by atoms with E-state index in [9.17, 15) is 23.6 Å². The summed E-state index contributed by atoms with van der Waals surface area (Å²) in [6.45, 7) is 7.30. The van der Waals surface area contributed by atoms with Crippen molar-refractivity contribution in [2.75, 3.05) is 0 Å². The summed E-state index contributed by atoms with van der Waals surface area (Å²) in [7, 11) is 1.75. The number of nitrogens with zero attached hydrogens (tertiary/aromatic N) is 1. The number of halogens is 1. The molecule has 1 amide bonds.